The summed E-state index contributed by atoms with van der Waals surface area (Å²) in [5.74, 6) is -2.44. The third-order valence-corrected chi connectivity index (χ3v) is 10.1. The summed E-state index contributed by atoms with van der Waals surface area (Å²) >= 11 is 6.63. The fourth-order valence-corrected chi connectivity index (χ4v) is 7.49. The minimum atomic E-state index is -2.03. The van der Waals surface area contributed by atoms with Crippen LogP contribution in [0.3, 0.4) is 0 Å². The van der Waals surface area contributed by atoms with Gasteiger partial charge in [0.1, 0.15) is 27.9 Å². The van der Waals surface area contributed by atoms with Gasteiger partial charge in [-0.15, -0.1) is 0 Å². The number of imidazole rings is 1. The second-order valence-electron chi connectivity index (χ2n) is 12.0. The van der Waals surface area contributed by atoms with E-state index in [0.29, 0.717) is 22.3 Å². The molecule has 2 aromatic carbocycles. The van der Waals surface area contributed by atoms with Gasteiger partial charge in [0.2, 0.25) is 17.2 Å². The smallest absolute Gasteiger partial charge is 0.332 e. The Morgan fingerprint density at radius 3 is 2.20 bits per heavy atom. The molecule has 2 aromatic heterocycles. The Labute approximate surface area is 266 Å². The lowest BCUT2D eigenvalue weighted by Gasteiger charge is -2.42. The lowest BCUT2D eigenvalue weighted by molar-refractivity contribution is -0.130. The molecule has 0 unspecified atom stereocenters. The van der Waals surface area contributed by atoms with Crippen molar-refractivity contribution in [3.63, 3.8) is 0 Å². The van der Waals surface area contributed by atoms with E-state index in [4.69, 9.17) is 25.8 Å². The van der Waals surface area contributed by atoms with E-state index in [2.05, 4.69) is 5.32 Å². The number of allylic oxidation sites excluding steroid dienone is 1. The lowest BCUT2D eigenvalue weighted by atomic mass is 9.66. The van der Waals surface area contributed by atoms with Crippen molar-refractivity contribution in [1.29, 1.82) is 0 Å². The molecule has 14 heteroatoms. The van der Waals surface area contributed by atoms with Crippen molar-refractivity contribution in [2.24, 2.45) is 34.1 Å². The number of hydrogen-bond donors (Lipinski definition) is 1. The Balaban J connectivity index is 1.51. The van der Waals surface area contributed by atoms with Crippen LogP contribution in [0.1, 0.15) is 40.7 Å². The van der Waals surface area contributed by atoms with Gasteiger partial charge in [-0.05, 0) is 24.1 Å². The highest BCUT2D eigenvalue weighted by atomic mass is 35.5. The number of hydrogen-bond acceptors (Lipinski definition) is 9. The van der Waals surface area contributed by atoms with Crippen molar-refractivity contribution in [2.45, 2.75) is 24.9 Å². The van der Waals surface area contributed by atoms with Crippen LogP contribution in [0.25, 0.3) is 11.0 Å². The molecule has 1 N–H and O–H groups in total. The molecule has 1 aliphatic carbocycles. The number of ketones is 2. The maximum Gasteiger partial charge on any atom is 0.332 e. The van der Waals surface area contributed by atoms with Gasteiger partial charge in [0.05, 0.1) is 30.8 Å². The second-order valence-corrected chi connectivity index (χ2v) is 12.3. The molecule has 0 amide bonds. The topological polar surface area (TPSA) is 145 Å². The molecule has 1 spiro atoms. The summed E-state index contributed by atoms with van der Waals surface area (Å²) in [7, 11) is 8.99. The van der Waals surface area contributed by atoms with Crippen LogP contribution in [0, 0.1) is 5.92 Å². The first-order valence-electron chi connectivity index (χ1n) is 14.5. The summed E-state index contributed by atoms with van der Waals surface area (Å²) in [6.07, 6.45) is 0.156. The fourth-order valence-electron chi connectivity index (χ4n) is 7.23. The van der Waals surface area contributed by atoms with Crippen LogP contribution in [0.15, 0.2) is 49.9 Å². The molecule has 4 aromatic rings. The number of anilines is 1. The molecule has 0 saturated heterocycles. The van der Waals surface area contributed by atoms with Gasteiger partial charge in [0, 0.05) is 57.4 Å². The maximum atomic E-state index is 15.1. The molecule has 46 heavy (non-hydrogen) atoms. The van der Waals surface area contributed by atoms with Crippen LogP contribution in [0.5, 0.6) is 17.2 Å². The molecule has 2 aliphatic heterocycles. The number of ether oxygens (including phenoxy) is 3. The SMILES string of the molecule is COc1cc(OC)c2c(c1Cl)O[C@@]1(C(=O)C3=C(C[C@H]1C)Nc1c(c(=O)n(C)c(=O)n1C)[C@H]3c1ccc3c(c1)n(C)c(=O)n3C)C2=O. The minimum absolute atomic E-state index is 0.0197. The Morgan fingerprint density at radius 2 is 1.52 bits per heavy atom. The first kappa shape index (κ1) is 29.7. The van der Waals surface area contributed by atoms with Gasteiger partial charge in [-0.3, -0.25) is 32.7 Å². The molecule has 0 saturated carbocycles. The maximum absolute atomic E-state index is 15.1. The number of fused-ring (bicyclic) bond motifs is 3. The molecule has 0 bridgehead atoms. The van der Waals surface area contributed by atoms with Crippen LogP contribution < -0.4 is 36.5 Å². The van der Waals surface area contributed by atoms with Crippen LogP contribution >= 0.6 is 11.6 Å². The number of benzene rings is 2. The van der Waals surface area contributed by atoms with Gasteiger partial charge < -0.3 is 19.5 Å². The van der Waals surface area contributed by atoms with E-state index < -0.39 is 40.3 Å². The van der Waals surface area contributed by atoms with Crippen molar-refractivity contribution in [3.05, 3.63) is 88.6 Å². The number of halogens is 1. The highest BCUT2D eigenvalue weighted by molar-refractivity contribution is 6.36. The van der Waals surface area contributed by atoms with Gasteiger partial charge in [0.25, 0.3) is 5.56 Å². The zero-order valence-corrected chi connectivity index (χ0v) is 26.9. The van der Waals surface area contributed by atoms with E-state index in [-0.39, 0.29) is 56.9 Å². The van der Waals surface area contributed by atoms with Crippen molar-refractivity contribution in [2.75, 3.05) is 19.5 Å². The van der Waals surface area contributed by atoms with Crippen LogP contribution in [-0.2, 0) is 33.0 Å². The fraction of sp³-hybridized carbons (Fsp3) is 0.344. The average molecular weight is 648 g/mol. The van der Waals surface area contributed by atoms with E-state index >= 15 is 4.79 Å². The van der Waals surface area contributed by atoms with Gasteiger partial charge in [-0.25, -0.2) is 9.59 Å². The van der Waals surface area contributed by atoms with Crippen molar-refractivity contribution in [1.82, 2.24) is 18.3 Å². The standard InChI is InChI=1S/C32H30ClN5O8/c1-13-10-15-21(26(39)32(13)27(40)22-18(44-6)12-19(45-7)24(33)25(22)46-32)20(23-28(34-15)37(4)31(43)38(5)29(23)41)14-8-9-16-17(11-14)36(3)30(42)35(16)2/h8-9,11-13,20,34H,10H2,1-7H3/t13-,20+,32+/m1/s1. The molecule has 3 atom stereocenters. The number of carbonyl (C=O) groups is 2. The number of Topliss-reactive ketones (excluding diaryl/α,β-unsaturated/α-hetero) is 2. The second kappa shape index (κ2) is 9.73. The number of nitrogens with zero attached hydrogens (tertiary/aromatic N) is 4. The summed E-state index contributed by atoms with van der Waals surface area (Å²) in [6, 6.07) is 6.71. The number of aromatic nitrogens is 4. The number of nitrogens with one attached hydrogen (secondary N) is 1. The van der Waals surface area contributed by atoms with Gasteiger partial charge >= 0.3 is 11.4 Å². The molecular weight excluding hydrogens is 618 g/mol. The van der Waals surface area contributed by atoms with Crippen LogP contribution in [-0.4, -0.2) is 49.7 Å². The predicted octanol–water partition coefficient (Wildman–Crippen LogP) is 2.38. The largest absolute Gasteiger partial charge is 0.496 e. The molecular formula is C32H30ClN5O8. The number of methoxy groups -OCH3 is 2. The Hall–Kier alpha value is -5.04. The quantitative estimate of drug-likeness (QED) is 0.331. The zero-order chi connectivity index (χ0) is 33.1. The van der Waals surface area contributed by atoms with E-state index in [1.165, 1.54) is 48.1 Å². The normalized spacial score (nSPS) is 21.7. The average Bonchev–Trinajstić information content (AvgIpc) is 3.48. The minimum Gasteiger partial charge on any atom is -0.496 e. The highest BCUT2D eigenvalue weighted by Crippen LogP contribution is 2.56. The summed E-state index contributed by atoms with van der Waals surface area (Å²) in [4.78, 5) is 69.3. The van der Waals surface area contributed by atoms with E-state index in [1.807, 2.05) is 0 Å². The highest BCUT2D eigenvalue weighted by Gasteiger charge is 2.63. The summed E-state index contributed by atoms with van der Waals surface area (Å²) < 4.78 is 22.5. The number of rotatable bonds is 3. The van der Waals surface area contributed by atoms with E-state index in [1.54, 1.807) is 39.2 Å². The monoisotopic (exact) mass is 647 g/mol. The summed E-state index contributed by atoms with van der Waals surface area (Å²) in [5.41, 5.74) is -0.944. The van der Waals surface area contributed by atoms with Crippen LogP contribution in [0.4, 0.5) is 5.82 Å². The summed E-state index contributed by atoms with van der Waals surface area (Å²) in [5, 5.41) is 3.22. The van der Waals surface area contributed by atoms with Crippen molar-refractivity contribution >= 4 is 40.0 Å². The predicted molar refractivity (Wildman–Crippen MR) is 169 cm³/mol. The molecule has 3 aliphatic rings. The molecule has 0 fully saturated rings. The van der Waals surface area contributed by atoms with Crippen molar-refractivity contribution in [3.8, 4) is 17.2 Å². The Morgan fingerprint density at radius 1 is 0.870 bits per heavy atom. The molecule has 4 heterocycles. The first-order valence-corrected chi connectivity index (χ1v) is 14.9. The van der Waals surface area contributed by atoms with Crippen molar-refractivity contribution < 1.29 is 23.8 Å². The molecule has 13 nitrogen and oxygen atoms in total. The third kappa shape index (κ3) is 3.48. The Bertz CT molecular complexity index is 2310. The number of carbonyl (C=O) groups excluding carboxylic acids is 2. The molecule has 7 rings (SSSR count). The first-order chi connectivity index (χ1) is 21.8. The Kier molecular flexibility index (Phi) is 6.27. The van der Waals surface area contributed by atoms with Crippen LogP contribution in [0.2, 0.25) is 5.02 Å². The number of aryl methyl sites for hydroxylation is 2. The van der Waals surface area contributed by atoms with Gasteiger partial charge in [0.15, 0.2) is 5.75 Å². The third-order valence-electron chi connectivity index (χ3n) is 9.71. The van der Waals surface area contributed by atoms with E-state index in [9.17, 15) is 19.2 Å². The zero-order valence-electron chi connectivity index (χ0n) is 26.1. The molecule has 0 radical (unpaired) electrons. The van der Waals surface area contributed by atoms with Gasteiger partial charge in [-0.2, -0.15) is 0 Å². The summed E-state index contributed by atoms with van der Waals surface area (Å²) in [6.45, 7) is 1.73. The lowest BCUT2D eigenvalue weighted by Crippen LogP contribution is -2.58. The molecule has 238 valence electrons. The van der Waals surface area contributed by atoms with E-state index in [0.717, 1.165) is 4.57 Å². The van der Waals surface area contributed by atoms with Gasteiger partial charge in [-0.1, -0.05) is 24.6 Å².